The summed E-state index contributed by atoms with van der Waals surface area (Å²) in [6.07, 6.45) is 0.661. The number of rotatable bonds is 6. The van der Waals surface area contributed by atoms with Crippen LogP contribution in [0.3, 0.4) is 0 Å². The Morgan fingerprint density at radius 1 is 1.08 bits per heavy atom. The predicted octanol–water partition coefficient (Wildman–Crippen LogP) is 5.37. The summed E-state index contributed by atoms with van der Waals surface area (Å²) in [7, 11) is 4.50. The number of thiophene rings is 1. The van der Waals surface area contributed by atoms with Crippen LogP contribution in [0.15, 0.2) is 42.5 Å². The van der Waals surface area contributed by atoms with Gasteiger partial charge in [-0.3, -0.25) is 9.59 Å². The maximum absolute atomic E-state index is 13.9. The predicted molar refractivity (Wildman–Crippen MR) is 142 cm³/mol. The van der Waals surface area contributed by atoms with Crippen molar-refractivity contribution in [1.82, 2.24) is 14.7 Å². The molecule has 1 aliphatic rings. The molecule has 37 heavy (non-hydrogen) atoms. The third-order valence-electron chi connectivity index (χ3n) is 6.68. The van der Waals surface area contributed by atoms with Gasteiger partial charge in [-0.2, -0.15) is 5.10 Å². The largest absolute Gasteiger partial charge is 0.493 e. The molecule has 0 saturated heterocycles. The SMILES string of the molecule is COC(=O)C[C@H]1c2cc(OC)c(OC)cc2CCN1C(=O)c1cc2c(C)nn(-c3ccc(Cl)cc3)c2s1. The molecule has 8 nitrogen and oxygen atoms in total. The maximum atomic E-state index is 13.9. The molecule has 1 aliphatic heterocycles. The fourth-order valence-electron chi connectivity index (χ4n) is 4.78. The summed E-state index contributed by atoms with van der Waals surface area (Å²) in [6.45, 7) is 2.38. The van der Waals surface area contributed by atoms with E-state index in [1.165, 1.54) is 18.4 Å². The summed E-state index contributed by atoms with van der Waals surface area (Å²) >= 11 is 7.44. The topological polar surface area (TPSA) is 82.9 Å². The Morgan fingerprint density at radius 2 is 1.78 bits per heavy atom. The van der Waals surface area contributed by atoms with Gasteiger partial charge in [0, 0.05) is 17.0 Å². The number of esters is 1. The van der Waals surface area contributed by atoms with Crippen LogP contribution in [0.25, 0.3) is 15.9 Å². The van der Waals surface area contributed by atoms with Gasteiger partial charge in [-0.05, 0) is 66.9 Å². The molecule has 0 fully saturated rings. The van der Waals surface area contributed by atoms with Crippen LogP contribution >= 0.6 is 22.9 Å². The van der Waals surface area contributed by atoms with E-state index in [0.29, 0.717) is 34.4 Å². The van der Waals surface area contributed by atoms with E-state index in [1.54, 1.807) is 19.1 Å². The molecule has 1 amide bonds. The first-order chi connectivity index (χ1) is 17.8. The van der Waals surface area contributed by atoms with Gasteiger partial charge in [0.15, 0.2) is 11.5 Å². The Hall–Kier alpha value is -3.56. The zero-order valence-electron chi connectivity index (χ0n) is 20.9. The number of carbonyl (C=O) groups excluding carboxylic acids is 2. The van der Waals surface area contributed by atoms with Crippen molar-refractivity contribution in [1.29, 1.82) is 0 Å². The lowest BCUT2D eigenvalue weighted by molar-refractivity contribution is -0.141. The smallest absolute Gasteiger partial charge is 0.307 e. The summed E-state index contributed by atoms with van der Waals surface area (Å²) in [5, 5.41) is 6.22. The fourth-order valence-corrected chi connectivity index (χ4v) is 6.05. The van der Waals surface area contributed by atoms with Crippen molar-refractivity contribution < 1.29 is 23.8 Å². The molecule has 2 aromatic heterocycles. The first-order valence-corrected chi connectivity index (χ1v) is 12.9. The third-order valence-corrected chi connectivity index (χ3v) is 8.03. The molecule has 0 saturated carbocycles. The molecular formula is C27H26ClN3O5S. The Bertz CT molecular complexity index is 1490. The number of aryl methyl sites for hydroxylation is 1. The van der Waals surface area contributed by atoms with Gasteiger partial charge in [0.2, 0.25) is 0 Å². The molecule has 10 heteroatoms. The van der Waals surface area contributed by atoms with Gasteiger partial charge in [-0.25, -0.2) is 4.68 Å². The lowest BCUT2D eigenvalue weighted by Crippen LogP contribution is -2.41. The average Bonchev–Trinajstić information content (AvgIpc) is 3.48. The summed E-state index contributed by atoms with van der Waals surface area (Å²) in [6, 6.07) is 12.6. The van der Waals surface area contributed by atoms with E-state index in [1.807, 2.05) is 54.1 Å². The van der Waals surface area contributed by atoms with E-state index in [2.05, 4.69) is 5.10 Å². The molecule has 3 heterocycles. The number of benzene rings is 2. The van der Waals surface area contributed by atoms with Crippen LogP contribution in [0.4, 0.5) is 0 Å². The maximum Gasteiger partial charge on any atom is 0.307 e. The van der Waals surface area contributed by atoms with Crippen LogP contribution in [0, 0.1) is 6.92 Å². The number of hydrogen-bond donors (Lipinski definition) is 0. The minimum absolute atomic E-state index is 0.0349. The van der Waals surface area contributed by atoms with Crippen LogP contribution < -0.4 is 9.47 Å². The Kier molecular flexibility index (Phi) is 6.83. The summed E-state index contributed by atoms with van der Waals surface area (Å²) in [5.41, 5.74) is 3.56. The number of nitrogens with zero attached hydrogens (tertiary/aromatic N) is 3. The minimum Gasteiger partial charge on any atom is -0.493 e. The van der Waals surface area contributed by atoms with Crippen LogP contribution in [0.2, 0.25) is 5.02 Å². The lowest BCUT2D eigenvalue weighted by atomic mass is 9.89. The third kappa shape index (κ3) is 4.53. The average molecular weight is 540 g/mol. The van der Waals surface area contributed by atoms with Gasteiger partial charge in [0.05, 0.1) is 50.1 Å². The number of halogens is 1. The zero-order valence-corrected chi connectivity index (χ0v) is 22.5. The first-order valence-electron chi connectivity index (χ1n) is 11.7. The quantitative estimate of drug-likeness (QED) is 0.306. The van der Waals surface area contributed by atoms with Crippen molar-refractivity contribution in [3.8, 4) is 17.2 Å². The molecule has 192 valence electrons. The number of amides is 1. The van der Waals surface area contributed by atoms with Crippen molar-refractivity contribution in [3.05, 3.63) is 69.2 Å². The van der Waals surface area contributed by atoms with E-state index < -0.39 is 12.0 Å². The molecule has 2 aromatic carbocycles. The highest BCUT2D eigenvalue weighted by atomic mass is 35.5. The van der Waals surface area contributed by atoms with E-state index in [4.69, 9.17) is 25.8 Å². The second-order valence-electron chi connectivity index (χ2n) is 8.75. The van der Waals surface area contributed by atoms with E-state index in [0.717, 1.165) is 32.7 Å². The Labute approximate surface area is 223 Å². The van der Waals surface area contributed by atoms with Crippen LogP contribution in [0.5, 0.6) is 11.5 Å². The summed E-state index contributed by atoms with van der Waals surface area (Å²) in [5.74, 6) is 0.629. The van der Waals surface area contributed by atoms with Gasteiger partial charge < -0.3 is 19.1 Å². The molecule has 5 rings (SSSR count). The second kappa shape index (κ2) is 10.1. The van der Waals surface area contributed by atoms with E-state index in [-0.39, 0.29) is 12.3 Å². The van der Waals surface area contributed by atoms with Crippen molar-refractivity contribution in [2.75, 3.05) is 27.9 Å². The van der Waals surface area contributed by atoms with Crippen LogP contribution in [-0.2, 0) is 16.0 Å². The molecule has 4 aromatic rings. The monoisotopic (exact) mass is 539 g/mol. The van der Waals surface area contributed by atoms with Gasteiger partial charge >= 0.3 is 5.97 Å². The summed E-state index contributed by atoms with van der Waals surface area (Å²) in [4.78, 5) is 29.5. The first kappa shape index (κ1) is 25.1. The Balaban J connectivity index is 1.55. The Morgan fingerprint density at radius 3 is 2.46 bits per heavy atom. The van der Waals surface area contributed by atoms with Gasteiger partial charge in [0.1, 0.15) is 4.83 Å². The van der Waals surface area contributed by atoms with E-state index >= 15 is 0 Å². The standard InChI is InChI=1S/C27H26ClN3O5S/c1-15-19-13-24(37-27(19)31(29-15)18-7-5-17(28)6-8-18)26(33)30-10-9-16-11-22(34-2)23(35-3)12-20(16)21(30)14-25(32)36-4/h5-8,11-13,21H,9-10,14H2,1-4H3/t21-/m0/s1. The fraction of sp³-hybridized carbons (Fsp3) is 0.296. The van der Waals surface area contributed by atoms with Crippen molar-refractivity contribution >= 4 is 45.0 Å². The number of ether oxygens (including phenoxy) is 3. The number of carbonyl (C=O) groups is 2. The highest BCUT2D eigenvalue weighted by molar-refractivity contribution is 7.20. The normalized spacial score (nSPS) is 14.9. The summed E-state index contributed by atoms with van der Waals surface area (Å²) < 4.78 is 17.8. The molecule has 0 spiro atoms. The number of aromatic nitrogens is 2. The van der Waals surface area contributed by atoms with Crippen molar-refractivity contribution in [2.24, 2.45) is 0 Å². The van der Waals surface area contributed by atoms with Gasteiger partial charge in [0.25, 0.3) is 5.91 Å². The molecule has 0 radical (unpaired) electrons. The van der Waals surface area contributed by atoms with Crippen LogP contribution in [0.1, 0.15) is 39.0 Å². The van der Waals surface area contributed by atoms with Crippen molar-refractivity contribution in [3.63, 3.8) is 0 Å². The highest BCUT2D eigenvalue weighted by Gasteiger charge is 2.35. The van der Waals surface area contributed by atoms with Crippen molar-refractivity contribution in [2.45, 2.75) is 25.8 Å². The highest BCUT2D eigenvalue weighted by Crippen LogP contribution is 2.41. The van der Waals surface area contributed by atoms with Crippen LogP contribution in [-0.4, -0.2) is 54.4 Å². The molecule has 0 aliphatic carbocycles. The molecule has 0 N–H and O–H groups in total. The van der Waals surface area contributed by atoms with Gasteiger partial charge in [-0.15, -0.1) is 11.3 Å². The molecule has 0 bridgehead atoms. The molecule has 1 atom stereocenters. The number of fused-ring (bicyclic) bond motifs is 2. The molecule has 0 unspecified atom stereocenters. The second-order valence-corrected chi connectivity index (χ2v) is 10.2. The molecular weight excluding hydrogens is 514 g/mol. The zero-order chi connectivity index (χ0) is 26.3. The number of hydrogen-bond acceptors (Lipinski definition) is 7. The minimum atomic E-state index is -0.498. The van der Waals surface area contributed by atoms with Gasteiger partial charge in [-0.1, -0.05) is 11.6 Å². The number of methoxy groups -OCH3 is 3. The van der Waals surface area contributed by atoms with E-state index in [9.17, 15) is 9.59 Å². The lowest BCUT2D eigenvalue weighted by Gasteiger charge is -2.37.